The number of hydrogen-bond donors (Lipinski definition) is 1. The first-order chi connectivity index (χ1) is 9.94. The zero-order valence-corrected chi connectivity index (χ0v) is 14.4. The van der Waals surface area contributed by atoms with Crippen LogP contribution in [0.25, 0.3) is 0 Å². The molecule has 0 bridgehead atoms. The third-order valence-electron chi connectivity index (χ3n) is 4.81. The summed E-state index contributed by atoms with van der Waals surface area (Å²) < 4.78 is 0. The van der Waals surface area contributed by atoms with E-state index in [1.807, 2.05) is 0 Å². The largest absolute Gasteiger partial charge is 0.310 e. The molecule has 0 amide bonds. The van der Waals surface area contributed by atoms with Gasteiger partial charge in [0, 0.05) is 6.04 Å². The first kappa shape index (κ1) is 16.5. The quantitative estimate of drug-likeness (QED) is 0.745. The van der Waals surface area contributed by atoms with Crippen molar-refractivity contribution in [1.29, 1.82) is 0 Å². The van der Waals surface area contributed by atoms with E-state index < -0.39 is 0 Å². The molecule has 1 fully saturated rings. The van der Waals surface area contributed by atoms with Crippen LogP contribution >= 0.6 is 0 Å². The van der Waals surface area contributed by atoms with Crippen LogP contribution in [0.5, 0.6) is 0 Å². The predicted molar refractivity (Wildman–Crippen MR) is 92.4 cm³/mol. The minimum atomic E-state index is 0.356. The van der Waals surface area contributed by atoms with E-state index in [0.717, 1.165) is 11.8 Å². The molecule has 1 aromatic carbocycles. The molecule has 0 heterocycles. The Hall–Kier alpha value is -0.820. The Morgan fingerprint density at radius 2 is 1.67 bits per heavy atom. The van der Waals surface area contributed by atoms with Crippen LogP contribution in [0.2, 0.25) is 0 Å². The predicted octanol–water partition coefficient (Wildman–Crippen LogP) is 5.58. The fourth-order valence-corrected chi connectivity index (χ4v) is 3.45. The van der Waals surface area contributed by atoms with Crippen molar-refractivity contribution < 1.29 is 0 Å². The lowest BCUT2D eigenvalue weighted by Crippen LogP contribution is -2.31. The Morgan fingerprint density at radius 3 is 2.24 bits per heavy atom. The third kappa shape index (κ3) is 5.82. The topological polar surface area (TPSA) is 12.0 Å². The smallest absolute Gasteiger partial charge is 0.0325 e. The van der Waals surface area contributed by atoms with Crippen LogP contribution in [0.1, 0.15) is 71.4 Å². The van der Waals surface area contributed by atoms with Gasteiger partial charge in [0.05, 0.1) is 0 Å². The van der Waals surface area contributed by atoms with Gasteiger partial charge in [-0.15, -0.1) is 0 Å². The van der Waals surface area contributed by atoms with Crippen molar-refractivity contribution in [3.8, 4) is 0 Å². The summed E-state index contributed by atoms with van der Waals surface area (Å²) in [5.74, 6) is 1.83. The van der Waals surface area contributed by atoms with Crippen LogP contribution in [0.15, 0.2) is 30.3 Å². The molecule has 1 aliphatic carbocycles. The Bertz CT molecular complexity index is 396. The molecule has 1 heteroatoms. The molecule has 118 valence electrons. The zero-order chi connectivity index (χ0) is 15.3. The molecule has 1 aromatic rings. The second-order valence-corrected chi connectivity index (χ2v) is 8.26. The molecule has 1 unspecified atom stereocenters. The molecule has 0 radical (unpaired) electrons. The van der Waals surface area contributed by atoms with Gasteiger partial charge in [-0.3, -0.25) is 0 Å². The maximum Gasteiger partial charge on any atom is 0.0325 e. The van der Waals surface area contributed by atoms with Crippen LogP contribution in [-0.2, 0) is 0 Å². The summed E-state index contributed by atoms with van der Waals surface area (Å²) in [5, 5.41) is 3.88. The number of rotatable bonds is 5. The molecular formula is C20H33N. The summed E-state index contributed by atoms with van der Waals surface area (Å²) >= 11 is 0. The van der Waals surface area contributed by atoms with Crippen LogP contribution in [0.4, 0.5) is 0 Å². The maximum absolute atomic E-state index is 3.88. The summed E-state index contributed by atoms with van der Waals surface area (Å²) in [4.78, 5) is 0. The normalized spacial score (nSPS) is 24.8. The molecule has 1 aliphatic rings. The summed E-state index contributed by atoms with van der Waals surface area (Å²) in [6.07, 6.45) is 6.85. The molecule has 21 heavy (non-hydrogen) atoms. The van der Waals surface area contributed by atoms with Gasteiger partial charge in [-0.25, -0.2) is 0 Å². The van der Waals surface area contributed by atoms with Crippen molar-refractivity contribution in [1.82, 2.24) is 5.32 Å². The lowest BCUT2D eigenvalue weighted by Gasteiger charge is -2.31. The highest BCUT2D eigenvalue weighted by Gasteiger charge is 2.23. The van der Waals surface area contributed by atoms with Gasteiger partial charge < -0.3 is 5.32 Å². The van der Waals surface area contributed by atoms with Crippen molar-refractivity contribution >= 4 is 0 Å². The van der Waals surface area contributed by atoms with E-state index in [4.69, 9.17) is 0 Å². The summed E-state index contributed by atoms with van der Waals surface area (Å²) in [6.45, 7) is 10.6. The molecule has 1 saturated carbocycles. The van der Waals surface area contributed by atoms with Crippen LogP contribution in [-0.4, -0.2) is 6.54 Å². The van der Waals surface area contributed by atoms with Gasteiger partial charge in [-0.2, -0.15) is 0 Å². The summed E-state index contributed by atoms with van der Waals surface area (Å²) in [7, 11) is 0. The number of benzene rings is 1. The Balaban J connectivity index is 1.93. The molecule has 1 N–H and O–H groups in total. The molecule has 1 nitrogen and oxygen atoms in total. The van der Waals surface area contributed by atoms with E-state index in [1.165, 1.54) is 44.2 Å². The van der Waals surface area contributed by atoms with E-state index >= 15 is 0 Å². The highest BCUT2D eigenvalue weighted by molar-refractivity contribution is 5.19. The van der Waals surface area contributed by atoms with Gasteiger partial charge in [0.2, 0.25) is 0 Å². The van der Waals surface area contributed by atoms with E-state index in [-0.39, 0.29) is 0 Å². The first-order valence-corrected chi connectivity index (χ1v) is 8.72. The number of hydrogen-bond acceptors (Lipinski definition) is 1. The van der Waals surface area contributed by atoms with Crippen LogP contribution in [0.3, 0.4) is 0 Å². The second kappa shape index (κ2) is 7.45. The van der Waals surface area contributed by atoms with E-state index in [2.05, 4.69) is 63.3 Å². The monoisotopic (exact) mass is 287 g/mol. The third-order valence-corrected chi connectivity index (χ3v) is 4.81. The molecule has 2 rings (SSSR count). The van der Waals surface area contributed by atoms with Crippen molar-refractivity contribution in [2.75, 3.05) is 6.54 Å². The lowest BCUT2D eigenvalue weighted by atomic mass is 9.82. The van der Waals surface area contributed by atoms with Crippen molar-refractivity contribution in [3.05, 3.63) is 35.9 Å². The second-order valence-electron chi connectivity index (χ2n) is 8.26. The standard InChI is InChI=1S/C20H33N/c1-16-10-12-17(13-11-16)15-21-19(14-20(2,3)4)18-8-6-5-7-9-18/h5-9,16-17,19,21H,10-15H2,1-4H3. The van der Waals surface area contributed by atoms with Gasteiger partial charge in [-0.1, -0.05) is 70.9 Å². The fourth-order valence-electron chi connectivity index (χ4n) is 3.45. The van der Waals surface area contributed by atoms with E-state index in [0.29, 0.717) is 11.5 Å². The molecule has 1 atom stereocenters. The molecule has 0 spiro atoms. The van der Waals surface area contributed by atoms with Crippen molar-refractivity contribution in [2.24, 2.45) is 17.3 Å². The van der Waals surface area contributed by atoms with Gasteiger partial charge in [0.25, 0.3) is 0 Å². The van der Waals surface area contributed by atoms with E-state index in [1.54, 1.807) is 0 Å². The van der Waals surface area contributed by atoms with Crippen molar-refractivity contribution in [3.63, 3.8) is 0 Å². The summed E-state index contributed by atoms with van der Waals surface area (Å²) in [5.41, 5.74) is 1.80. The SMILES string of the molecule is CC1CCC(CNC(CC(C)(C)C)c2ccccc2)CC1. The zero-order valence-electron chi connectivity index (χ0n) is 14.4. The molecular weight excluding hydrogens is 254 g/mol. The maximum atomic E-state index is 3.88. The minimum Gasteiger partial charge on any atom is -0.310 e. The van der Waals surface area contributed by atoms with Crippen LogP contribution in [0, 0.1) is 17.3 Å². The lowest BCUT2D eigenvalue weighted by molar-refractivity contribution is 0.254. The van der Waals surface area contributed by atoms with Crippen LogP contribution < -0.4 is 5.32 Å². The van der Waals surface area contributed by atoms with Crippen molar-refractivity contribution in [2.45, 2.75) is 65.8 Å². The Labute approximate surface area is 131 Å². The highest BCUT2D eigenvalue weighted by Crippen LogP contribution is 2.31. The Morgan fingerprint density at radius 1 is 1.05 bits per heavy atom. The average Bonchev–Trinajstić information content (AvgIpc) is 2.45. The molecule has 0 saturated heterocycles. The Kier molecular flexibility index (Phi) is 5.87. The minimum absolute atomic E-state index is 0.356. The van der Waals surface area contributed by atoms with Gasteiger partial charge in [-0.05, 0) is 48.6 Å². The van der Waals surface area contributed by atoms with Gasteiger partial charge in [0.15, 0.2) is 0 Å². The summed E-state index contributed by atoms with van der Waals surface area (Å²) in [6, 6.07) is 11.5. The molecule has 0 aliphatic heterocycles. The molecule has 0 aromatic heterocycles. The van der Waals surface area contributed by atoms with Gasteiger partial charge in [0.1, 0.15) is 0 Å². The average molecular weight is 287 g/mol. The van der Waals surface area contributed by atoms with E-state index in [9.17, 15) is 0 Å². The highest BCUT2D eigenvalue weighted by atomic mass is 14.9. The first-order valence-electron chi connectivity index (χ1n) is 8.72. The fraction of sp³-hybridized carbons (Fsp3) is 0.700. The number of nitrogens with one attached hydrogen (secondary N) is 1. The van der Waals surface area contributed by atoms with Gasteiger partial charge >= 0.3 is 0 Å².